The number of hydrogen-bond donors (Lipinski definition) is 1. The molecular formula is C20H18ClN3O3S. The minimum atomic E-state index is -0.274. The van der Waals surface area contributed by atoms with Crippen LogP contribution in [0.5, 0.6) is 11.5 Å². The number of nitrogens with one attached hydrogen (secondary N) is 1. The molecule has 0 radical (unpaired) electrons. The lowest BCUT2D eigenvalue weighted by molar-refractivity contribution is -0.111. The van der Waals surface area contributed by atoms with Crippen LogP contribution in [0.1, 0.15) is 16.1 Å². The van der Waals surface area contributed by atoms with E-state index in [1.165, 1.54) is 17.4 Å². The number of anilines is 1. The van der Waals surface area contributed by atoms with Crippen molar-refractivity contribution >= 4 is 40.1 Å². The van der Waals surface area contributed by atoms with Gasteiger partial charge in [0.25, 0.3) is 0 Å². The average molecular weight is 416 g/mol. The SMILES string of the molecule is COc1ccc(Cc2nnc(NC(=O)C=Cc3ccc(Cl)cc3)s2)cc1OC. The Kier molecular flexibility index (Phi) is 6.62. The van der Waals surface area contributed by atoms with E-state index < -0.39 is 0 Å². The lowest BCUT2D eigenvalue weighted by atomic mass is 10.1. The number of methoxy groups -OCH3 is 2. The van der Waals surface area contributed by atoms with E-state index >= 15 is 0 Å². The van der Waals surface area contributed by atoms with Gasteiger partial charge < -0.3 is 9.47 Å². The molecule has 6 nitrogen and oxygen atoms in total. The minimum Gasteiger partial charge on any atom is -0.493 e. The molecule has 0 atom stereocenters. The second-order valence-electron chi connectivity index (χ2n) is 5.74. The van der Waals surface area contributed by atoms with Gasteiger partial charge in [-0.3, -0.25) is 10.1 Å². The Morgan fingerprint density at radius 1 is 1.11 bits per heavy atom. The minimum absolute atomic E-state index is 0.274. The third-order valence-electron chi connectivity index (χ3n) is 3.80. The predicted molar refractivity (Wildman–Crippen MR) is 111 cm³/mol. The number of carbonyl (C=O) groups is 1. The molecule has 0 unspecified atom stereocenters. The van der Waals surface area contributed by atoms with Gasteiger partial charge in [-0.1, -0.05) is 41.1 Å². The van der Waals surface area contributed by atoms with E-state index in [0.29, 0.717) is 28.1 Å². The molecule has 2 aromatic carbocycles. The summed E-state index contributed by atoms with van der Waals surface area (Å²) in [6.45, 7) is 0. The highest BCUT2D eigenvalue weighted by Crippen LogP contribution is 2.29. The summed E-state index contributed by atoms with van der Waals surface area (Å²) in [5, 5.41) is 12.8. The van der Waals surface area contributed by atoms with Crippen LogP contribution >= 0.6 is 22.9 Å². The van der Waals surface area contributed by atoms with Gasteiger partial charge in [0.1, 0.15) is 5.01 Å². The number of rotatable bonds is 7. The first-order valence-electron chi connectivity index (χ1n) is 8.35. The van der Waals surface area contributed by atoms with Crippen molar-refractivity contribution in [2.24, 2.45) is 0 Å². The van der Waals surface area contributed by atoms with Crippen molar-refractivity contribution in [2.45, 2.75) is 6.42 Å². The van der Waals surface area contributed by atoms with Gasteiger partial charge in [0.15, 0.2) is 11.5 Å². The fourth-order valence-corrected chi connectivity index (χ4v) is 3.34. The number of aromatic nitrogens is 2. The van der Waals surface area contributed by atoms with Gasteiger partial charge in [0, 0.05) is 17.5 Å². The molecule has 0 bridgehead atoms. The maximum absolute atomic E-state index is 12.1. The fourth-order valence-electron chi connectivity index (χ4n) is 2.43. The van der Waals surface area contributed by atoms with E-state index in [0.717, 1.165) is 16.1 Å². The molecule has 28 heavy (non-hydrogen) atoms. The number of carbonyl (C=O) groups excluding carboxylic acids is 1. The number of benzene rings is 2. The van der Waals surface area contributed by atoms with Crippen molar-refractivity contribution < 1.29 is 14.3 Å². The summed E-state index contributed by atoms with van der Waals surface area (Å²) >= 11 is 7.17. The summed E-state index contributed by atoms with van der Waals surface area (Å²) < 4.78 is 10.6. The summed E-state index contributed by atoms with van der Waals surface area (Å²) in [5.74, 6) is 1.05. The molecule has 3 rings (SSSR count). The predicted octanol–water partition coefficient (Wildman–Crippen LogP) is 4.45. The summed E-state index contributed by atoms with van der Waals surface area (Å²) in [5.41, 5.74) is 1.89. The van der Waals surface area contributed by atoms with Crippen LogP contribution in [0.15, 0.2) is 48.5 Å². The summed E-state index contributed by atoms with van der Waals surface area (Å²) in [7, 11) is 3.19. The van der Waals surface area contributed by atoms with Gasteiger partial charge in [-0.2, -0.15) is 0 Å². The van der Waals surface area contributed by atoms with E-state index in [1.807, 2.05) is 30.3 Å². The van der Waals surface area contributed by atoms with E-state index in [1.54, 1.807) is 32.4 Å². The largest absolute Gasteiger partial charge is 0.493 e. The van der Waals surface area contributed by atoms with Gasteiger partial charge >= 0.3 is 0 Å². The first-order chi connectivity index (χ1) is 13.6. The van der Waals surface area contributed by atoms with Gasteiger partial charge in [-0.25, -0.2) is 0 Å². The standard InChI is InChI=1S/C20H18ClN3O3S/c1-26-16-9-5-14(11-17(16)27-2)12-19-23-24-20(28-19)22-18(25)10-6-13-3-7-15(21)8-4-13/h3-11H,12H2,1-2H3,(H,22,24,25). The average Bonchev–Trinajstić information content (AvgIpc) is 3.14. The highest BCUT2D eigenvalue weighted by molar-refractivity contribution is 7.15. The number of hydrogen-bond acceptors (Lipinski definition) is 6. The normalized spacial score (nSPS) is 10.8. The Bertz CT molecular complexity index is 987. The topological polar surface area (TPSA) is 73.3 Å². The molecule has 8 heteroatoms. The number of ether oxygens (including phenoxy) is 2. The van der Waals surface area contributed by atoms with Crippen LogP contribution < -0.4 is 14.8 Å². The highest BCUT2D eigenvalue weighted by atomic mass is 35.5. The molecule has 1 aromatic heterocycles. The summed E-state index contributed by atoms with van der Waals surface area (Å²) in [4.78, 5) is 12.1. The molecule has 3 aromatic rings. The van der Waals surface area contributed by atoms with Crippen molar-refractivity contribution in [1.29, 1.82) is 0 Å². The van der Waals surface area contributed by atoms with Gasteiger partial charge in [-0.05, 0) is 41.5 Å². The Morgan fingerprint density at radius 2 is 1.86 bits per heavy atom. The summed E-state index contributed by atoms with van der Waals surface area (Å²) in [6.07, 6.45) is 3.73. The number of amides is 1. The van der Waals surface area contributed by atoms with Crippen LogP contribution in [-0.2, 0) is 11.2 Å². The molecule has 1 amide bonds. The molecule has 0 spiro atoms. The molecule has 0 saturated heterocycles. The maximum atomic E-state index is 12.1. The Hall–Kier alpha value is -2.90. The molecular weight excluding hydrogens is 398 g/mol. The third kappa shape index (κ3) is 5.31. The summed E-state index contributed by atoms with van der Waals surface area (Å²) in [6, 6.07) is 12.9. The molecule has 0 aliphatic carbocycles. The zero-order valence-electron chi connectivity index (χ0n) is 15.3. The van der Waals surface area contributed by atoms with E-state index in [4.69, 9.17) is 21.1 Å². The quantitative estimate of drug-likeness (QED) is 0.577. The molecule has 144 valence electrons. The second-order valence-corrected chi connectivity index (χ2v) is 7.24. The van der Waals surface area contributed by atoms with Crippen LogP contribution in [0.3, 0.4) is 0 Å². The maximum Gasteiger partial charge on any atom is 0.250 e. The molecule has 1 heterocycles. The zero-order valence-corrected chi connectivity index (χ0v) is 16.9. The lowest BCUT2D eigenvalue weighted by Crippen LogP contribution is -2.07. The fraction of sp³-hybridized carbons (Fsp3) is 0.150. The monoisotopic (exact) mass is 415 g/mol. The molecule has 0 aliphatic heterocycles. The Morgan fingerprint density at radius 3 is 2.57 bits per heavy atom. The van der Waals surface area contributed by atoms with Gasteiger partial charge in [0.05, 0.1) is 14.2 Å². The zero-order chi connectivity index (χ0) is 19.9. The second kappa shape index (κ2) is 9.34. The molecule has 0 fully saturated rings. The van der Waals surface area contributed by atoms with Gasteiger partial charge in [0.2, 0.25) is 11.0 Å². The van der Waals surface area contributed by atoms with Crippen molar-refractivity contribution in [3.63, 3.8) is 0 Å². The van der Waals surface area contributed by atoms with Crippen LogP contribution in [0, 0.1) is 0 Å². The highest BCUT2D eigenvalue weighted by Gasteiger charge is 2.10. The van der Waals surface area contributed by atoms with Gasteiger partial charge in [-0.15, -0.1) is 10.2 Å². The Labute approximate surface area is 171 Å². The van der Waals surface area contributed by atoms with E-state index in [2.05, 4.69) is 15.5 Å². The van der Waals surface area contributed by atoms with Crippen molar-refractivity contribution in [3.05, 3.63) is 69.7 Å². The molecule has 0 aliphatic rings. The Balaban J connectivity index is 1.60. The van der Waals surface area contributed by atoms with E-state index in [-0.39, 0.29) is 5.91 Å². The lowest BCUT2D eigenvalue weighted by Gasteiger charge is -2.08. The van der Waals surface area contributed by atoms with Crippen LogP contribution in [0.25, 0.3) is 6.08 Å². The smallest absolute Gasteiger partial charge is 0.250 e. The van der Waals surface area contributed by atoms with Crippen molar-refractivity contribution in [1.82, 2.24) is 10.2 Å². The number of nitrogens with zero attached hydrogens (tertiary/aromatic N) is 2. The van der Waals surface area contributed by atoms with Crippen LogP contribution in [0.4, 0.5) is 5.13 Å². The number of halogens is 1. The van der Waals surface area contributed by atoms with Crippen LogP contribution in [-0.4, -0.2) is 30.3 Å². The first-order valence-corrected chi connectivity index (χ1v) is 9.54. The molecule has 1 N–H and O–H groups in total. The van der Waals surface area contributed by atoms with Crippen LogP contribution in [0.2, 0.25) is 5.02 Å². The third-order valence-corrected chi connectivity index (χ3v) is 4.89. The van der Waals surface area contributed by atoms with Crippen molar-refractivity contribution in [3.8, 4) is 11.5 Å². The van der Waals surface area contributed by atoms with E-state index in [9.17, 15) is 4.79 Å². The first kappa shape index (κ1) is 19.9. The molecule has 0 saturated carbocycles. The van der Waals surface area contributed by atoms with Crippen molar-refractivity contribution in [2.75, 3.05) is 19.5 Å².